The molecule has 1 N–H and O–H groups in total. The minimum atomic E-state index is 0.347. The molecule has 0 amide bonds. The summed E-state index contributed by atoms with van der Waals surface area (Å²) in [6.45, 7) is 7.44. The van der Waals surface area contributed by atoms with Crippen LogP contribution in [0.25, 0.3) is 0 Å². The van der Waals surface area contributed by atoms with Crippen molar-refractivity contribution in [3.05, 3.63) is 87.7 Å². The molecule has 4 rings (SSSR count). The average molecular weight is 471 g/mol. The number of halogens is 2. The molecule has 1 aliphatic rings. The minimum absolute atomic E-state index is 0.347. The summed E-state index contributed by atoms with van der Waals surface area (Å²) >= 11 is 11.4. The molecule has 5 nitrogen and oxygen atoms in total. The Kier molecular flexibility index (Phi) is 8.91. The second kappa shape index (κ2) is 11.9. The average Bonchev–Trinajstić information content (AvgIpc) is 2.81. The number of carbonyl (C=O) groups excluding carboxylic acids is 1. The second-order valence-electron chi connectivity index (χ2n) is 7.69. The summed E-state index contributed by atoms with van der Waals surface area (Å²) in [4.78, 5) is 18.8. The van der Waals surface area contributed by atoms with Gasteiger partial charge in [0.25, 0.3) is 0 Å². The molecule has 32 heavy (non-hydrogen) atoms. The maximum atomic E-state index is 10.1. The van der Waals surface area contributed by atoms with Crippen molar-refractivity contribution in [3.8, 4) is 0 Å². The van der Waals surface area contributed by atoms with E-state index in [4.69, 9.17) is 23.2 Å². The van der Waals surface area contributed by atoms with Gasteiger partial charge in [-0.05, 0) is 54.4 Å². The van der Waals surface area contributed by atoms with Crippen molar-refractivity contribution in [2.45, 2.75) is 13.5 Å². The maximum Gasteiger partial charge on any atom is 0.150 e. The van der Waals surface area contributed by atoms with Gasteiger partial charge in [-0.3, -0.25) is 9.69 Å². The Morgan fingerprint density at radius 1 is 1.00 bits per heavy atom. The lowest BCUT2D eigenvalue weighted by atomic mass is 10.1. The fourth-order valence-corrected chi connectivity index (χ4v) is 3.91. The van der Waals surface area contributed by atoms with Gasteiger partial charge in [0.15, 0.2) is 0 Å². The second-order valence-corrected chi connectivity index (χ2v) is 8.51. The number of aryl methyl sites for hydroxylation is 1. The SMILES string of the molecule is CNc1ccc(C)cc1N1CCN(Cc2ccc(Cl)cc2)CC1.O=Cc1ccnc(Cl)c1. The standard InChI is InChI=1S/C19H24ClN3.C6H4ClNO/c1-15-3-8-18(21-2)19(13-15)23-11-9-22(10-12-23)14-16-4-6-17(20)7-5-16;7-6-3-5(4-9)1-2-8-6/h3-8,13,21H,9-12,14H2,1-2H3;1-4H. The Balaban J connectivity index is 0.000000269. The number of piperazine rings is 1. The topological polar surface area (TPSA) is 48.5 Å². The fourth-order valence-electron chi connectivity index (χ4n) is 3.60. The van der Waals surface area contributed by atoms with Crippen molar-refractivity contribution in [2.24, 2.45) is 0 Å². The molecule has 0 aliphatic carbocycles. The van der Waals surface area contributed by atoms with Crippen LogP contribution in [-0.4, -0.2) is 49.4 Å². The molecule has 168 valence electrons. The molecule has 1 saturated heterocycles. The Morgan fingerprint density at radius 3 is 2.31 bits per heavy atom. The van der Waals surface area contributed by atoms with Crippen molar-refractivity contribution < 1.29 is 4.79 Å². The number of pyridine rings is 1. The quantitative estimate of drug-likeness (QED) is 0.390. The number of anilines is 2. The number of aromatic nitrogens is 1. The minimum Gasteiger partial charge on any atom is -0.386 e. The summed E-state index contributed by atoms with van der Waals surface area (Å²) < 4.78 is 0. The van der Waals surface area contributed by atoms with Crippen LogP contribution >= 0.6 is 23.2 Å². The molecule has 0 atom stereocenters. The lowest BCUT2D eigenvalue weighted by molar-refractivity contribution is 0.112. The fraction of sp³-hybridized carbons (Fsp3) is 0.280. The molecule has 3 aromatic rings. The van der Waals surface area contributed by atoms with E-state index in [9.17, 15) is 4.79 Å². The molecule has 1 aromatic heterocycles. The number of hydrogen-bond donors (Lipinski definition) is 1. The predicted molar refractivity (Wildman–Crippen MR) is 134 cm³/mol. The lowest BCUT2D eigenvalue weighted by Gasteiger charge is -2.37. The van der Waals surface area contributed by atoms with Gasteiger partial charge in [-0.1, -0.05) is 41.4 Å². The van der Waals surface area contributed by atoms with Crippen molar-refractivity contribution in [3.63, 3.8) is 0 Å². The molecule has 2 heterocycles. The van der Waals surface area contributed by atoms with Crippen LogP contribution in [0.15, 0.2) is 60.8 Å². The molecule has 0 unspecified atom stereocenters. The summed E-state index contributed by atoms with van der Waals surface area (Å²) in [6.07, 6.45) is 2.22. The largest absolute Gasteiger partial charge is 0.386 e. The molecule has 7 heteroatoms. The first-order valence-electron chi connectivity index (χ1n) is 10.6. The number of benzene rings is 2. The smallest absolute Gasteiger partial charge is 0.150 e. The number of nitrogens with zero attached hydrogens (tertiary/aromatic N) is 3. The van der Waals surface area contributed by atoms with Gasteiger partial charge in [-0.2, -0.15) is 0 Å². The highest BCUT2D eigenvalue weighted by Crippen LogP contribution is 2.28. The van der Waals surface area contributed by atoms with E-state index in [2.05, 4.69) is 57.4 Å². The zero-order valence-corrected chi connectivity index (χ0v) is 19.9. The van der Waals surface area contributed by atoms with E-state index in [1.807, 2.05) is 19.2 Å². The van der Waals surface area contributed by atoms with Gasteiger partial charge in [0.05, 0.1) is 11.4 Å². The van der Waals surface area contributed by atoms with E-state index >= 15 is 0 Å². The third kappa shape index (κ3) is 6.95. The Hall–Kier alpha value is -2.60. The van der Waals surface area contributed by atoms with Crippen molar-refractivity contribution in [1.29, 1.82) is 0 Å². The van der Waals surface area contributed by atoms with Crippen LogP contribution in [0.1, 0.15) is 21.5 Å². The summed E-state index contributed by atoms with van der Waals surface area (Å²) in [5.41, 5.74) is 5.72. The lowest BCUT2D eigenvalue weighted by Crippen LogP contribution is -2.46. The normalized spacial score (nSPS) is 13.8. The first-order chi connectivity index (χ1) is 15.5. The zero-order valence-electron chi connectivity index (χ0n) is 18.4. The van der Waals surface area contributed by atoms with Crippen LogP contribution in [0.5, 0.6) is 0 Å². The van der Waals surface area contributed by atoms with Crippen LogP contribution in [-0.2, 0) is 6.54 Å². The highest BCUT2D eigenvalue weighted by atomic mass is 35.5. The number of aldehydes is 1. The molecule has 1 fully saturated rings. The first-order valence-corrected chi connectivity index (χ1v) is 11.3. The molecule has 0 saturated carbocycles. The van der Waals surface area contributed by atoms with Crippen LogP contribution in [0.2, 0.25) is 10.2 Å². The van der Waals surface area contributed by atoms with Crippen LogP contribution in [0, 0.1) is 6.92 Å². The third-order valence-electron chi connectivity index (χ3n) is 5.34. The first kappa shape index (κ1) is 24.1. The Bertz CT molecular complexity index is 1020. The third-order valence-corrected chi connectivity index (χ3v) is 5.80. The van der Waals surface area contributed by atoms with Gasteiger partial charge >= 0.3 is 0 Å². The van der Waals surface area contributed by atoms with Crippen molar-refractivity contribution in [2.75, 3.05) is 43.4 Å². The summed E-state index contributed by atoms with van der Waals surface area (Å²) in [6, 6.07) is 17.9. The van der Waals surface area contributed by atoms with Gasteiger partial charge in [0, 0.05) is 56.6 Å². The van der Waals surface area contributed by atoms with E-state index in [-0.39, 0.29) is 0 Å². The van der Waals surface area contributed by atoms with Gasteiger partial charge in [0.2, 0.25) is 0 Å². The van der Waals surface area contributed by atoms with Crippen LogP contribution in [0.4, 0.5) is 11.4 Å². The van der Waals surface area contributed by atoms with Crippen molar-refractivity contribution >= 4 is 40.9 Å². The summed E-state index contributed by atoms with van der Waals surface area (Å²) in [5, 5.41) is 4.46. The van der Waals surface area contributed by atoms with Gasteiger partial charge in [-0.25, -0.2) is 4.98 Å². The monoisotopic (exact) mass is 470 g/mol. The van der Waals surface area contributed by atoms with E-state index in [1.54, 1.807) is 6.07 Å². The summed E-state index contributed by atoms with van der Waals surface area (Å²) in [7, 11) is 1.99. The molecule has 0 bridgehead atoms. The van der Waals surface area contributed by atoms with E-state index in [1.165, 1.54) is 34.8 Å². The Labute approximate surface area is 200 Å². The zero-order chi connectivity index (χ0) is 22.9. The molecule has 2 aromatic carbocycles. The Morgan fingerprint density at radius 2 is 1.72 bits per heavy atom. The number of carbonyl (C=O) groups is 1. The van der Waals surface area contributed by atoms with Crippen LogP contribution < -0.4 is 10.2 Å². The molecular weight excluding hydrogens is 443 g/mol. The number of rotatable bonds is 5. The number of hydrogen-bond acceptors (Lipinski definition) is 5. The molecule has 0 radical (unpaired) electrons. The summed E-state index contributed by atoms with van der Waals surface area (Å²) in [5.74, 6) is 0. The van der Waals surface area contributed by atoms with Crippen molar-refractivity contribution in [1.82, 2.24) is 9.88 Å². The predicted octanol–water partition coefficient (Wildman–Crippen LogP) is 5.56. The number of nitrogens with one attached hydrogen (secondary N) is 1. The highest BCUT2D eigenvalue weighted by molar-refractivity contribution is 6.30. The molecule has 0 spiro atoms. The van der Waals surface area contributed by atoms with Gasteiger partial charge in [-0.15, -0.1) is 0 Å². The molecule has 1 aliphatic heterocycles. The highest BCUT2D eigenvalue weighted by Gasteiger charge is 2.19. The van der Waals surface area contributed by atoms with E-state index < -0.39 is 0 Å². The molecular formula is C25H28Cl2N4O. The maximum absolute atomic E-state index is 10.1. The van der Waals surface area contributed by atoms with Gasteiger partial charge in [0.1, 0.15) is 11.4 Å². The van der Waals surface area contributed by atoms with E-state index in [0.29, 0.717) is 10.7 Å². The van der Waals surface area contributed by atoms with E-state index in [0.717, 1.165) is 44.0 Å². The van der Waals surface area contributed by atoms with Gasteiger partial charge < -0.3 is 10.2 Å². The van der Waals surface area contributed by atoms with Crippen LogP contribution in [0.3, 0.4) is 0 Å².